The molecule has 17 heavy (non-hydrogen) atoms. The van der Waals surface area contributed by atoms with Gasteiger partial charge in [0.05, 0.1) is 16.7 Å². The van der Waals surface area contributed by atoms with Crippen molar-refractivity contribution >= 4 is 28.5 Å². The highest BCUT2D eigenvalue weighted by molar-refractivity contribution is 6.18. The summed E-state index contributed by atoms with van der Waals surface area (Å²) in [6.45, 7) is 4.05. The third kappa shape index (κ3) is 2.34. The molecular formula is C13H16ClN3. The quantitative estimate of drug-likeness (QED) is 0.783. The number of aromatic nitrogens is 2. The zero-order valence-corrected chi connectivity index (χ0v) is 11.1. The number of para-hydroxylation sites is 2. The van der Waals surface area contributed by atoms with E-state index in [1.165, 1.54) is 0 Å². The lowest BCUT2D eigenvalue weighted by Gasteiger charge is -2.25. The molecule has 1 heterocycles. The average molecular weight is 250 g/mol. The van der Waals surface area contributed by atoms with E-state index >= 15 is 0 Å². The van der Waals surface area contributed by atoms with Crippen LogP contribution < -0.4 is 4.90 Å². The lowest BCUT2D eigenvalue weighted by atomic mass is 10.2. The molecule has 0 aliphatic carbocycles. The average Bonchev–Trinajstić information content (AvgIpc) is 2.36. The molecule has 1 atom stereocenters. The van der Waals surface area contributed by atoms with Crippen LogP contribution in [0.3, 0.4) is 0 Å². The molecule has 0 saturated heterocycles. The second kappa shape index (κ2) is 4.88. The van der Waals surface area contributed by atoms with Crippen LogP contribution in [0.25, 0.3) is 11.0 Å². The lowest BCUT2D eigenvalue weighted by Crippen LogP contribution is -2.31. The molecule has 1 aromatic carbocycles. The summed E-state index contributed by atoms with van der Waals surface area (Å²) < 4.78 is 0. The predicted octanol–water partition coefficient (Wildman–Crippen LogP) is 3.00. The van der Waals surface area contributed by atoms with E-state index in [9.17, 15) is 0 Å². The maximum atomic E-state index is 5.88. The van der Waals surface area contributed by atoms with Crippen LogP contribution in [0, 0.1) is 6.92 Å². The zero-order valence-electron chi connectivity index (χ0n) is 10.3. The number of halogens is 1. The van der Waals surface area contributed by atoms with Gasteiger partial charge < -0.3 is 4.90 Å². The number of hydrogen-bond acceptors (Lipinski definition) is 3. The fourth-order valence-electron chi connectivity index (χ4n) is 1.73. The second-order valence-corrected chi connectivity index (χ2v) is 4.54. The maximum Gasteiger partial charge on any atom is 0.150 e. The lowest BCUT2D eigenvalue weighted by molar-refractivity contribution is 0.745. The van der Waals surface area contributed by atoms with Gasteiger partial charge >= 0.3 is 0 Å². The molecule has 0 aliphatic heterocycles. The second-order valence-electron chi connectivity index (χ2n) is 4.24. The Morgan fingerprint density at radius 2 is 1.82 bits per heavy atom. The van der Waals surface area contributed by atoms with Crippen LogP contribution in [0.5, 0.6) is 0 Å². The van der Waals surface area contributed by atoms with Crippen LogP contribution >= 0.6 is 11.6 Å². The van der Waals surface area contributed by atoms with Crippen molar-refractivity contribution in [3.63, 3.8) is 0 Å². The third-order valence-electron chi connectivity index (χ3n) is 2.94. The Hall–Kier alpha value is -1.35. The van der Waals surface area contributed by atoms with E-state index in [0.717, 1.165) is 22.5 Å². The van der Waals surface area contributed by atoms with Gasteiger partial charge in [-0.15, -0.1) is 11.6 Å². The monoisotopic (exact) mass is 249 g/mol. The molecule has 0 N–H and O–H groups in total. The number of rotatable bonds is 3. The molecule has 1 aromatic heterocycles. The predicted molar refractivity (Wildman–Crippen MR) is 72.9 cm³/mol. The number of benzene rings is 1. The highest BCUT2D eigenvalue weighted by Crippen LogP contribution is 2.20. The summed E-state index contributed by atoms with van der Waals surface area (Å²) in [4.78, 5) is 11.3. The molecule has 0 radical (unpaired) electrons. The SMILES string of the molecule is Cc1nc2ccccc2nc1N(C)C(C)CCl. The van der Waals surface area contributed by atoms with Crippen LogP contribution in [-0.2, 0) is 0 Å². The summed E-state index contributed by atoms with van der Waals surface area (Å²) in [5.41, 5.74) is 2.78. The molecule has 0 spiro atoms. The maximum absolute atomic E-state index is 5.88. The Labute approximate surface area is 106 Å². The summed E-state index contributed by atoms with van der Waals surface area (Å²) in [7, 11) is 2.00. The van der Waals surface area contributed by atoms with Crippen LogP contribution in [-0.4, -0.2) is 28.9 Å². The van der Waals surface area contributed by atoms with Crippen LogP contribution in [0.15, 0.2) is 24.3 Å². The molecule has 4 heteroatoms. The highest BCUT2D eigenvalue weighted by atomic mass is 35.5. The van der Waals surface area contributed by atoms with E-state index in [2.05, 4.69) is 21.8 Å². The first-order valence-electron chi connectivity index (χ1n) is 5.65. The standard InChI is InChI=1S/C13H16ClN3/c1-9(8-14)17(3)13-10(2)15-11-6-4-5-7-12(11)16-13/h4-7,9H,8H2,1-3H3. The first-order chi connectivity index (χ1) is 8.13. The van der Waals surface area contributed by atoms with Crippen molar-refractivity contribution in [3.05, 3.63) is 30.0 Å². The fraction of sp³-hybridized carbons (Fsp3) is 0.385. The van der Waals surface area contributed by atoms with Crippen molar-refractivity contribution in [2.75, 3.05) is 17.8 Å². The normalized spacial score (nSPS) is 12.7. The summed E-state index contributed by atoms with van der Waals surface area (Å²) in [5, 5.41) is 0. The van der Waals surface area contributed by atoms with E-state index in [1.54, 1.807) is 0 Å². The largest absolute Gasteiger partial charge is 0.354 e. The van der Waals surface area contributed by atoms with Gasteiger partial charge in [-0.2, -0.15) is 0 Å². The summed E-state index contributed by atoms with van der Waals surface area (Å²) in [5.74, 6) is 1.47. The van der Waals surface area contributed by atoms with Crippen molar-refractivity contribution < 1.29 is 0 Å². The van der Waals surface area contributed by atoms with Crippen LogP contribution in [0.4, 0.5) is 5.82 Å². The summed E-state index contributed by atoms with van der Waals surface area (Å²) >= 11 is 5.88. The first kappa shape index (κ1) is 12.1. The van der Waals surface area contributed by atoms with Crippen LogP contribution in [0.2, 0.25) is 0 Å². The fourth-order valence-corrected chi connectivity index (χ4v) is 1.93. The minimum Gasteiger partial charge on any atom is -0.354 e. The smallest absolute Gasteiger partial charge is 0.150 e. The van der Waals surface area contributed by atoms with Crippen molar-refractivity contribution in [2.45, 2.75) is 19.9 Å². The topological polar surface area (TPSA) is 29.0 Å². The Morgan fingerprint density at radius 3 is 2.41 bits per heavy atom. The summed E-state index contributed by atoms with van der Waals surface area (Å²) in [6.07, 6.45) is 0. The van der Waals surface area contributed by atoms with Gasteiger partial charge in [0.15, 0.2) is 5.82 Å². The van der Waals surface area contributed by atoms with Crippen molar-refractivity contribution in [1.29, 1.82) is 0 Å². The highest BCUT2D eigenvalue weighted by Gasteiger charge is 2.14. The molecule has 3 nitrogen and oxygen atoms in total. The van der Waals surface area contributed by atoms with Gasteiger partial charge in [0, 0.05) is 19.0 Å². The first-order valence-corrected chi connectivity index (χ1v) is 6.19. The molecule has 0 bridgehead atoms. The number of alkyl halides is 1. The molecular weight excluding hydrogens is 234 g/mol. The number of nitrogens with zero attached hydrogens (tertiary/aromatic N) is 3. The van der Waals surface area contributed by atoms with Gasteiger partial charge in [0.1, 0.15) is 0 Å². The van der Waals surface area contributed by atoms with Gasteiger partial charge in [-0.3, -0.25) is 0 Å². The van der Waals surface area contributed by atoms with Crippen molar-refractivity contribution in [1.82, 2.24) is 9.97 Å². The molecule has 0 amide bonds. The molecule has 0 aliphatic rings. The molecule has 2 rings (SSSR count). The minimum atomic E-state index is 0.242. The molecule has 0 saturated carbocycles. The van der Waals surface area contributed by atoms with E-state index in [1.807, 2.05) is 38.2 Å². The number of fused-ring (bicyclic) bond motifs is 1. The van der Waals surface area contributed by atoms with E-state index in [0.29, 0.717) is 5.88 Å². The molecule has 0 fully saturated rings. The minimum absolute atomic E-state index is 0.242. The number of aryl methyl sites for hydroxylation is 1. The number of hydrogen-bond donors (Lipinski definition) is 0. The van der Waals surface area contributed by atoms with Crippen LogP contribution in [0.1, 0.15) is 12.6 Å². The van der Waals surface area contributed by atoms with E-state index in [4.69, 9.17) is 11.6 Å². The molecule has 2 aromatic rings. The zero-order chi connectivity index (χ0) is 12.4. The Kier molecular flexibility index (Phi) is 3.48. The Bertz CT molecular complexity index is 527. The molecule has 1 unspecified atom stereocenters. The van der Waals surface area contributed by atoms with Gasteiger partial charge in [-0.1, -0.05) is 12.1 Å². The third-order valence-corrected chi connectivity index (χ3v) is 3.39. The van der Waals surface area contributed by atoms with Gasteiger partial charge in [0.2, 0.25) is 0 Å². The number of anilines is 1. The summed E-state index contributed by atoms with van der Waals surface area (Å²) in [6, 6.07) is 8.14. The van der Waals surface area contributed by atoms with Gasteiger partial charge in [0.25, 0.3) is 0 Å². The van der Waals surface area contributed by atoms with Gasteiger partial charge in [-0.25, -0.2) is 9.97 Å². The Balaban J connectivity index is 2.50. The Morgan fingerprint density at radius 1 is 1.24 bits per heavy atom. The van der Waals surface area contributed by atoms with Crippen molar-refractivity contribution in [2.24, 2.45) is 0 Å². The van der Waals surface area contributed by atoms with Crippen molar-refractivity contribution in [3.8, 4) is 0 Å². The van der Waals surface area contributed by atoms with Gasteiger partial charge in [-0.05, 0) is 26.0 Å². The molecule has 90 valence electrons. The van der Waals surface area contributed by atoms with E-state index < -0.39 is 0 Å². The van der Waals surface area contributed by atoms with E-state index in [-0.39, 0.29) is 6.04 Å².